The number of aryl methyl sites for hydroxylation is 1. The van der Waals surface area contributed by atoms with Gasteiger partial charge in [0.15, 0.2) is 0 Å². The number of benzene rings is 2. The summed E-state index contributed by atoms with van der Waals surface area (Å²) in [5.41, 5.74) is 2.58. The van der Waals surface area contributed by atoms with E-state index in [4.69, 9.17) is 4.74 Å². The summed E-state index contributed by atoms with van der Waals surface area (Å²) < 4.78 is 19.6. The summed E-state index contributed by atoms with van der Waals surface area (Å²) in [4.78, 5) is 0. The predicted octanol–water partition coefficient (Wildman–Crippen LogP) is 5.10. The topological polar surface area (TPSA) is 29.5 Å². The summed E-state index contributed by atoms with van der Waals surface area (Å²) in [6, 6.07) is 10.4. The van der Waals surface area contributed by atoms with E-state index in [1.807, 2.05) is 25.1 Å². The van der Waals surface area contributed by atoms with Crippen LogP contribution in [-0.4, -0.2) is 5.11 Å². The second-order valence-electron chi connectivity index (χ2n) is 5.60. The fourth-order valence-corrected chi connectivity index (χ4v) is 2.50. The van der Waals surface area contributed by atoms with Crippen molar-refractivity contribution in [2.24, 2.45) is 0 Å². The van der Waals surface area contributed by atoms with Crippen LogP contribution in [0.2, 0.25) is 0 Å². The molecule has 0 aliphatic rings. The summed E-state index contributed by atoms with van der Waals surface area (Å²) in [5.74, 6) is 0.977. The Bertz CT molecular complexity index is 633. The van der Waals surface area contributed by atoms with Crippen molar-refractivity contribution in [3.63, 3.8) is 0 Å². The van der Waals surface area contributed by atoms with Gasteiger partial charge in [0.1, 0.15) is 17.3 Å². The molecule has 1 unspecified atom stereocenters. The van der Waals surface area contributed by atoms with Crippen molar-refractivity contribution in [1.29, 1.82) is 0 Å². The molecule has 112 valence electrons. The van der Waals surface area contributed by atoms with Gasteiger partial charge in [-0.15, -0.1) is 0 Å². The van der Waals surface area contributed by atoms with Crippen LogP contribution >= 0.6 is 0 Å². The molecule has 2 aromatic rings. The van der Waals surface area contributed by atoms with Crippen molar-refractivity contribution in [2.75, 3.05) is 0 Å². The van der Waals surface area contributed by atoms with Crippen LogP contribution in [0.25, 0.3) is 0 Å². The van der Waals surface area contributed by atoms with Crippen LogP contribution in [0.15, 0.2) is 36.4 Å². The first-order valence-electron chi connectivity index (χ1n) is 7.15. The maximum atomic E-state index is 13.8. The lowest BCUT2D eigenvalue weighted by Gasteiger charge is -2.16. The maximum Gasteiger partial charge on any atom is 0.136 e. The van der Waals surface area contributed by atoms with Crippen LogP contribution in [0.5, 0.6) is 11.5 Å². The molecule has 0 heterocycles. The van der Waals surface area contributed by atoms with Gasteiger partial charge < -0.3 is 9.84 Å². The first kappa shape index (κ1) is 15.5. The molecule has 0 saturated carbocycles. The van der Waals surface area contributed by atoms with Crippen LogP contribution < -0.4 is 4.74 Å². The zero-order valence-electron chi connectivity index (χ0n) is 12.9. The van der Waals surface area contributed by atoms with Crippen molar-refractivity contribution in [3.05, 3.63) is 58.9 Å². The minimum absolute atomic E-state index is 0.183. The third kappa shape index (κ3) is 3.42. The molecule has 2 rings (SSSR count). The monoisotopic (exact) mass is 288 g/mol. The van der Waals surface area contributed by atoms with Gasteiger partial charge in [0.2, 0.25) is 0 Å². The first-order chi connectivity index (χ1) is 9.90. The second-order valence-corrected chi connectivity index (χ2v) is 5.60. The lowest BCUT2D eigenvalue weighted by atomic mass is 9.98. The molecule has 21 heavy (non-hydrogen) atoms. The number of aliphatic hydroxyl groups is 1. The van der Waals surface area contributed by atoms with Gasteiger partial charge in [-0.25, -0.2) is 4.39 Å². The molecule has 3 heteroatoms. The average molecular weight is 288 g/mol. The lowest BCUT2D eigenvalue weighted by molar-refractivity contribution is 0.190. The van der Waals surface area contributed by atoms with Crippen LogP contribution in [0, 0.1) is 12.7 Å². The highest BCUT2D eigenvalue weighted by atomic mass is 19.1. The summed E-state index contributed by atoms with van der Waals surface area (Å²) in [6.07, 6.45) is -0.919. The normalized spacial score (nSPS) is 12.5. The summed E-state index contributed by atoms with van der Waals surface area (Å²) in [7, 11) is 0. The zero-order chi connectivity index (χ0) is 15.6. The first-order valence-corrected chi connectivity index (χ1v) is 7.15. The molecular weight excluding hydrogens is 267 g/mol. The Morgan fingerprint density at radius 1 is 1.10 bits per heavy atom. The van der Waals surface area contributed by atoms with Gasteiger partial charge in [-0.05, 0) is 55.2 Å². The highest BCUT2D eigenvalue weighted by Gasteiger charge is 2.15. The number of halogens is 1. The van der Waals surface area contributed by atoms with Gasteiger partial charge >= 0.3 is 0 Å². The van der Waals surface area contributed by atoms with Gasteiger partial charge in [0.05, 0.1) is 11.7 Å². The van der Waals surface area contributed by atoms with E-state index in [9.17, 15) is 9.50 Å². The molecule has 0 aliphatic carbocycles. The fraction of sp³-hybridized carbons (Fsp3) is 0.333. The summed E-state index contributed by atoms with van der Waals surface area (Å²) >= 11 is 0. The molecule has 2 nitrogen and oxygen atoms in total. The van der Waals surface area contributed by atoms with Crippen molar-refractivity contribution < 1.29 is 14.2 Å². The Hall–Kier alpha value is -1.87. The van der Waals surface area contributed by atoms with Gasteiger partial charge in [-0.2, -0.15) is 0 Å². The molecule has 0 aliphatic heterocycles. The van der Waals surface area contributed by atoms with E-state index in [0.717, 1.165) is 5.56 Å². The number of rotatable bonds is 4. The highest BCUT2D eigenvalue weighted by molar-refractivity contribution is 5.42. The van der Waals surface area contributed by atoms with Crippen molar-refractivity contribution in [1.82, 2.24) is 0 Å². The van der Waals surface area contributed by atoms with E-state index in [2.05, 4.69) is 13.8 Å². The predicted molar refractivity (Wildman–Crippen MR) is 82.4 cm³/mol. The number of aliphatic hydroxyl groups excluding tert-OH is 1. The smallest absolute Gasteiger partial charge is 0.136 e. The second kappa shape index (κ2) is 6.27. The number of hydrogen-bond acceptors (Lipinski definition) is 2. The summed E-state index contributed by atoms with van der Waals surface area (Å²) in [5, 5.41) is 9.71. The third-order valence-electron chi connectivity index (χ3n) is 3.52. The minimum Gasteiger partial charge on any atom is -0.457 e. The molecule has 0 spiro atoms. The molecule has 1 N–H and O–H groups in total. The number of ether oxygens (including phenoxy) is 1. The third-order valence-corrected chi connectivity index (χ3v) is 3.52. The van der Waals surface area contributed by atoms with Crippen molar-refractivity contribution >= 4 is 0 Å². The lowest BCUT2D eigenvalue weighted by Crippen LogP contribution is -2.00. The van der Waals surface area contributed by atoms with Crippen molar-refractivity contribution in [3.8, 4) is 11.5 Å². The molecular formula is C18H21FO2. The molecule has 0 aromatic heterocycles. The number of hydrogen-bond donors (Lipinski definition) is 1. The molecule has 2 aromatic carbocycles. The molecule has 0 radical (unpaired) electrons. The summed E-state index contributed by atoms with van der Waals surface area (Å²) in [6.45, 7) is 7.84. The van der Waals surface area contributed by atoms with Crippen LogP contribution in [0.3, 0.4) is 0 Å². The van der Waals surface area contributed by atoms with E-state index in [1.165, 1.54) is 18.6 Å². The maximum absolute atomic E-state index is 13.8. The highest BCUT2D eigenvalue weighted by Crippen LogP contribution is 2.33. The molecule has 0 amide bonds. The molecule has 0 bridgehead atoms. The van der Waals surface area contributed by atoms with Crippen LogP contribution in [0.4, 0.5) is 4.39 Å². The molecule has 0 fully saturated rings. The quantitative estimate of drug-likeness (QED) is 0.847. The Kier molecular flexibility index (Phi) is 4.63. The van der Waals surface area contributed by atoms with Crippen molar-refractivity contribution in [2.45, 2.75) is 39.7 Å². The largest absolute Gasteiger partial charge is 0.457 e. The van der Waals surface area contributed by atoms with Crippen LogP contribution in [0.1, 0.15) is 49.5 Å². The van der Waals surface area contributed by atoms with E-state index in [-0.39, 0.29) is 5.56 Å². The Morgan fingerprint density at radius 2 is 1.81 bits per heavy atom. The standard InChI is InChI=1S/C18H21FO2/c1-11(2)15-9-8-14(10-12(15)3)21-17-7-5-6-16(19)18(17)13(4)20/h5-11,13,20H,1-4H3. The molecule has 1 atom stereocenters. The van der Waals surface area contributed by atoms with Gasteiger partial charge in [-0.3, -0.25) is 0 Å². The van der Waals surface area contributed by atoms with E-state index in [1.54, 1.807) is 12.1 Å². The Labute approximate surface area is 125 Å². The zero-order valence-corrected chi connectivity index (χ0v) is 12.9. The van der Waals surface area contributed by atoms with E-state index < -0.39 is 11.9 Å². The molecule has 0 saturated heterocycles. The Balaban J connectivity index is 2.35. The van der Waals surface area contributed by atoms with Gasteiger partial charge in [0.25, 0.3) is 0 Å². The fourth-order valence-electron chi connectivity index (χ4n) is 2.50. The van der Waals surface area contributed by atoms with Gasteiger partial charge in [-0.1, -0.05) is 26.0 Å². The van der Waals surface area contributed by atoms with E-state index >= 15 is 0 Å². The minimum atomic E-state index is -0.919. The SMILES string of the molecule is Cc1cc(Oc2cccc(F)c2C(C)O)ccc1C(C)C. The average Bonchev–Trinajstić information content (AvgIpc) is 2.37. The Morgan fingerprint density at radius 3 is 2.38 bits per heavy atom. The van der Waals surface area contributed by atoms with Crippen LogP contribution in [-0.2, 0) is 0 Å². The van der Waals surface area contributed by atoms with E-state index in [0.29, 0.717) is 17.4 Å². The van der Waals surface area contributed by atoms with Gasteiger partial charge in [0, 0.05) is 0 Å².